The lowest BCUT2D eigenvalue weighted by atomic mass is 9.94. The number of anilines is 1. The summed E-state index contributed by atoms with van der Waals surface area (Å²) in [5.74, 6) is 0.419. The van der Waals surface area contributed by atoms with E-state index in [1.54, 1.807) is 6.92 Å². The Morgan fingerprint density at radius 1 is 1.36 bits per heavy atom. The molecule has 0 fully saturated rings. The molecule has 0 saturated heterocycles. The van der Waals surface area contributed by atoms with Crippen LogP contribution in [0.5, 0.6) is 0 Å². The van der Waals surface area contributed by atoms with Crippen molar-refractivity contribution in [3.8, 4) is 0 Å². The van der Waals surface area contributed by atoms with Gasteiger partial charge in [0.15, 0.2) is 0 Å². The summed E-state index contributed by atoms with van der Waals surface area (Å²) in [7, 11) is 0. The van der Waals surface area contributed by atoms with Gasteiger partial charge >= 0.3 is 0 Å². The summed E-state index contributed by atoms with van der Waals surface area (Å²) in [6.45, 7) is 3.70. The smallest absolute Gasteiger partial charge is 0.133 e. The number of rotatable bonds is 4. The van der Waals surface area contributed by atoms with Crippen molar-refractivity contribution in [2.45, 2.75) is 26.7 Å². The molecule has 1 rings (SSSR count). The van der Waals surface area contributed by atoms with E-state index in [0.29, 0.717) is 0 Å². The molecule has 1 aromatic rings. The Morgan fingerprint density at radius 2 is 1.93 bits per heavy atom. The van der Waals surface area contributed by atoms with Crippen LogP contribution in [-0.4, -0.2) is 5.78 Å². The molecule has 0 heterocycles. The fraction of sp³-hybridized carbons (Fsp3) is 0.417. The monoisotopic (exact) mass is 191 g/mol. The molecule has 0 bridgehead atoms. The van der Waals surface area contributed by atoms with Crippen molar-refractivity contribution < 1.29 is 4.79 Å². The van der Waals surface area contributed by atoms with Crippen LogP contribution in [0.15, 0.2) is 24.3 Å². The lowest BCUT2D eigenvalue weighted by Crippen LogP contribution is -2.12. The molecular weight excluding hydrogens is 174 g/mol. The normalized spacial score (nSPS) is 12.4. The van der Waals surface area contributed by atoms with Gasteiger partial charge in [-0.05, 0) is 37.5 Å². The second-order valence-electron chi connectivity index (χ2n) is 3.66. The molecule has 1 atom stereocenters. The van der Waals surface area contributed by atoms with Gasteiger partial charge in [0.25, 0.3) is 0 Å². The third-order valence-electron chi connectivity index (χ3n) is 2.53. The maximum atomic E-state index is 11.2. The van der Waals surface area contributed by atoms with E-state index in [-0.39, 0.29) is 11.7 Å². The van der Waals surface area contributed by atoms with Crippen molar-refractivity contribution in [3.63, 3.8) is 0 Å². The van der Waals surface area contributed by atoms with Crippen LogP contribution in [0.1, 0.15) is 25.8 Å². The number of hydrogen-bond acceptors (Lipinski definition) is 2. The molecule has 0 aliphatic heterocycles. The maximum absolute atomic E-state index is 11.2. The second-order valence-corrected chi connectivity index (χ2v) is 3.66. The zero-order chi connectivity index (χ0) is 10.6. The number of ketones is 1. The molecule has 0 amide bonds. The molecule has 0 saturated carbocycles. The zero-order valence-electron chi connectivity index (χ0n) is 8.79. The van der Waals surface area contributed by atoms with Gasteiger partial charge < -0.3 is 5.73 Å². The molecule has 1 aromatic carbocycles. The fourth-order valence-corrected chi connectivity index (χ4v) is 1.51. The Hall–Kier alpha value is -1.31. The number of carbonyl (C=O) groups excluding carboxylic acids is 1. The minimum Gasteiger partial charge on any atom is -0.399 e. The summed E-state index contributed by atoms with van der Waals surface area (Å²) in [6.07, 6.45) is 1.73. The Kier molecular flexibility index (Phi) is 3.69. The molecule has 0 aliphatic carbocycles. The van der Waals surface area contributed by atoms with E-state index < -0.39 is 0 Å². The van der Waals surface area contributed by atoms with Gasteiger partial charge in [-0.25, -0.2) is 0 Å². The van der Waals surface area contributed by atoms with Crippen LogP contribution in [-0.2, 0) is 11.2 Å². The predicted octanol–water partition coefficient (Wildman–Crippen LogP) is 2.43. The first-order valence-electron chi connectivity index (χ1n) is 4.98. The average molecular weight is 191 g/mol. The minimum absolute atomic E-state index is 0.152. The topological polar surface area (TPSA) is 43.1 Å². The van der Waals surface area contributed by atoms with Crippen molar-refractivity contribution in [3.05, 3.63) is 29.8 Å². The Labute approximate surface area is 85.1 Å². The lowest BCUT2D eigenvalue weighted by molar-refractivity contribution is -0.120. The molecule has 2 nitrogen and oxygen atoms in total. The third-order valence-corrected chi connectivity index (χ3v) is 2.53. The quantitative estimate of drug-likeness (QED) is 0.743. The number of carbonyl (C=O) groups is 1. The van der Waals surface area contributed by atoms with Crippen LogP contribution < -0.4 is 5.73 Å². The number of benzene rings is 1. The summed E-state index contributed by atoms with van der Waals surface area (Å²) in [5, 5.41) is 0. The van der Waals surface area contributed by atoms with E-state index in [2.05, 4.69) is 0 Å². The summed E-state index contributed by atoms with van der Waals surface area (Å²) >= 11 is 0. The Balaban J connectivity index is 2.67. The van der Waals surface area contributed by atoms with Crippen molar-refractivity contribution >= 4 is 11.5 Å². The van der Waals surface area contributed by atoms with E-state index in [9.17, 15) is 4.79 Å². The first-order valence-corrected chi connectivity index (χ1v) is 4.98. The highest BCUT2D eigenvalue weighted by molar-refractivity contribution is 5.78. The van der Waals surface area contributed by atoms with Gasteiger partial charge in [0.05, 0.1) is 0 Å². The molecular formula is C12H17NO. The first-order chi connectivity index (χ1) is 6.63. The molecule has 0 aromatic heterocycles. The zero-order valence-corrected chi connectivity index (χ0v) is 8.79. The van der Waals surface area contributed by atoms with E-state index >= 15 is 0 Å². The number of nitrogen functional groups attached to an aromatic ring is 1. The molecule has 2 N–H and O–H groups in total. The largest absolute Gasteiger partial charge is 0.399 e. The Bertz CT molecular complexity index is 303. The number of hydrogen-bond donors (Lipinski definition) is 1. The third kappa shape index (κ3) is 2.87. The Morgan fingerprint density at radius 3 is 2.36 bits per heavy atom. The van der Waals surface area contributed by atoms with Crippen LogP contribution in [0, 0.1) is 5.92 Å². The highest BCUT2D eigenvalue weighted by atomic mass is 16.1. The van der Waals surface area contributed by atoms with E-state index in [0.717, 1.165) is 18.5 Å². The van der Waals surface area contributed by atoms with Crippen molar-refractivity contribution in [2.75, 3.05) is 5.73 Å². The van der Waals surface area contributed by atoms with E-state index in [1.807, 2.05) is 31.2 Å². The SMILES string of the molecule is CCC(Cc1ccc(N)cc1)C(C)=O. The summed E-state index contributed by atoms with van der Waals surface area (Å²) in [6, 6.07) is 7.73. The van der Waals surface area contributed by atoms with Gasteiger partial charge in [0.1, 0.15) is 5.78 Å². The van der Waals surface area contributed by atoms with Crippen molar-refractivity contribution in [1.82, 2.24) is 0 Å². The fourth-order valence-electron chi connectivity index (χ4n) is 1.51. The standard InChI is InChI=1S/C12H17NO/c1-3-11(9(2)14)8-10-4-6-12(13)7-5-10/h4-7,11H,3,8,13H2,1-2H3. The van der Waals surface area contributed by atoms with Crippen LogP contribution >= 0.6 is 0 Å². The highest BCUT2D eigenvalue weighted by Gasteiger charge is 2.11. The molecule has 0 spiro atoms. The van der Waals surface area contributed by atoms with Gasteiger partial charge in [-0.15, -0.1) is 0 Å². The maximum Gasteiger partial charge on any atom is 0.133 e. The van der Waals surface area contributed by atoms with Crippen LogP contribution in [0.4, 0.5) is 5.69 Å². The van der Waals surface area contributed by atoms with Gasteiger partial charge in [-0.1, -0.05) is 19.1 Å². The molecule has 0 aliphatic rings. The summed E-state index contributed by atoms with van der Waals surface area (Å²) < 4.78 is 0. The lowest BCUT2D eigenvalue weighted by Gasteiger charge is -2.10. The van der Waals surface area contributed by atoms with Crippen LogP contribution in [0.2, 0.25) is 0 Å². The second kappa shape index (κ2) is 4.80. The molecule has 14 heavy (non-hydrogen) atoms. The molecule has 0 radical (unpaired) electrons. The minimum atomic E-state index is 0.152. The van der Waals surface area contributed by atoms with Crippen LogP contribution in [0.25, 0.3) is 0 Å². The average Bonchev–Trinajstić information content (AvgIpc) is 2.16. The number of nitrogens with two attached hydrogens (primary N) is 1. The molecule has 76 valence electrons. The van der Waals surface area contributed by atoms with Gasteiger partial charge in [-0.2, -0.15) is 0 Å². The van der Waals surface area contributed by atoms with Gasteiger partial charge in [0, 0.05) is 11.6 Å². The summed E-state index contributed by atoms with van der Waals surface area (Å²) in [4.78, 5) is 11.2. The molecule has 2 heteroatoms. The van der Waals surface area contributed by atoms with Gasteiger partial charge in [0.2, 0.25) is 0 Å². The van der Waals surface area contributed by atoms with Crippen molar-refractivity contribution in [2.24, 2.45) is 5.92 Å². The first kappa shape index (κ1) is 10.8. The molecule has 1 unspecified atom stereocenters. The van der Waals surface area contributed by atoms with Gasteiger partial charge in [-0.3, -0.25) is 4.79 Å². The number of Topliss-reactive ketones (excluding diaryl/α,β-unsaturated/α-hetero) is 1. The summed E-state index contributed by atoms with van der Waals surface area (Å²) in [5.41, 5.74) is 7.53. The predicted molar refractivity (Wildman–Crippen MR) is 59.0 cm³/mol. The van der Waals surface area contributed by atoms with Crippen molar-refractivity contribution in [1.29, 1.82) is 0 Å². The highest BCUT2D eigenvalue weighted by Crippen LogP contribution is 2.14. The van der Waals surface area contributed by atoms with E-state index in [1.165, 1.54) is 5.56 Å². The van der Waals surface area contributed by atoms with E-state index in [4.69, 9.17) is 5.73 Å². The van der Waals surface area contributed by atoms with Crippen LogP contribution in [0.3, 0.4) is 0 Å².